The van der Waals surface area contributed by atoms with Crippen LogP contribution < -0.4 is 5.32 Å². The Morgan fingerprint density at radius 1 is 0.867 bits per heavy atom. The smallest absolute Gasteiger partial charge is 0.317 e. The van der Waals surface area contributed by atoms with Crippen molar-refractivity contribution in [1.82, 2.24) is 19.4 Å². The van der Waals surface area contributed by atoms with E-state index in [0.29, 0.717) is 13.0 Å². The quantitative estimate of drug-likeness (QED) is 0.754. The second kappa shape index (κ2) is 10.2. The second-order valence-electron chi connectivity index (χ2n) is 7.62. The first-order valence-corrected chi connectivity index (χ1v) is 11.9. The van der Waals surface area contributed by atoms with Gasteiger partial charge in [-0.25, -0.2) is 17.6 Å². The number of hydrogen-bond acceptors (Lipinski definition) is 4. The first kappa shape index (κ1) is 22.5. The molecule has 2 heterocycles. The molecule has 0 radical (unpaired) electrons. The van der Waals surface area contributed by atoms with Crippen LogP contribution in [-0.2, 0) is 14.8 Å². The van der Waals surface area contributed by atoms with Crippen molar-refractivity contribution in [2.24, 2.45) is 0 Å². The van der Waals surface area contributed by atoms with Crippen LogP contribution in [0, 0.1) is 5.82 Å². The molecule has 0 saturated carbocycles. The lowest BCUT2D eigenvalue weighted by Crippen LogP contribution is -2.44. The third-order valence-electron chi connectivity index (χ3n) is 5.52. The number of rotatable bonds is 5. The molecule has 2 aliphatic rings. The van der Waals surface area contributed by atoms with Crippen LogP contribution in [0.25, 0.3) is 0 Å². The Morgan fingerprint density at radius 2 is 1.53 bits per heavy atom. The van der Waals surface area contributed by atoms with E-state index in [2.05, 4.69) is 5.32 Å². The first-order chi connectivity index (χ1) is 14.4. The van der Waals surface area contributed by atoms with E-state index in [4.69, 9.17) is 0 Å². The highest BCUT2D eigenvalue weighted by Gasteiger charge is 2.28. The summed E-state index contributed by atoms with van der Waals surface area (Å²) in [6.45, 7) is 2.99. The maximum atomic E-state index is 13.1. The van der Waals surface area contributed by atoms with E-state index in [1.54, 1.807) is 4.90 Å². The number of urea groups is 1. The number of hydrogen-bond donors (Lipinski definition) is 1. The van der Waals surface area contributed by atoms with Crippen molar-refractivity contribution in [2.45, 2.75) is 37.0 Å². The summed E-state index contributed by atoms with van der Waals surface area (Å²) in [5, 5.41) is 2.77. The molecular weight excluding hydrogens is 411 g/mol. The minimum atomic E-state index is -3.73. The Labute approximate surface area is 177 Å². The fourth-order valence-electron chi connectivity index (χ4n) is 3.78. The highest BCUT2D eigenvalue weighted by Crippen LogP contribution is 2.18. The van der Waals surface area contributed by atoms with Gasteiger partial charge in [0.1, 0.15) is 5.82 Å². The lowest BCUT2D eigenvalue weighted by atomic mass is 10.1. The molecule has 0 bridgehead atoms. The van der Waals surface area contributed by atoms with Crippen molar-refractivity contribution < 1.29 is 22.4 Å². The molecule has 2 fully saturated rings. The van der Waals surface area contributed by atoms with Crippen LogP contribution in [-0.4, -0.2) is 80.3 Å². The number of likely N-dealkylation sites (tertiary alicyclic amines) is 1. The van der Waals surface area contributed by atoms with Crippen molar-refractivity contribution in [1.29, 1.82) is 0 Å². The third-order valence-corrected chi connectivity index (χ3v) is 7.43. The van der Waals surface area contributed by atoms with Gasteiger partial charge in [-0.2, -0.15) is 4.31 Å². The van der Waals surface area contributed by atoms with Gasteiger partial charge in [0, 0.05) is 52.2 Å². The van der Waals surface area contributed by atoms with E-state index in [1.165, 1.54) is 16.4 Å². The molecular formula is C20H29FN4O4S. The number of benzene rings is 1. The van der Waals surface area contributed by atoms with Crippen LogP contribution in [0.2, 0.25) is 0 Å². The lowest BCUT2D eigenvalue weighted by Gasteiger charge is -2.27. The Kier molecular flexibility index (Phi) is 7.65. The van der Waals surface area contributed by atoms with E-state index in [1.807, 2.05) is 4.90 Å². The minimum Gasteiger partial charge on any atom is -0.343 e. The summed E-state index contributed by atoms with van der Waals surface area (Å²) < 4.78 is 40.0. The molecule has 8 nitrogen and oxygen atoms in total. The Balaban J connectivity index is 1.47. The minimum absolute atomic E-state index is 0.0398. The van der Waals surface area contributed by atoms with Crippen LogP contribution >= 0.6 is 0 Å². The van der Waals surface area contributed by atoms with Gasteiger partial charge in [-0.15, -0.1) is 0 Å². The zero-order valence-electron chi connectivity index (χ0n) is 17.1. The average Bonchev–Trinajstić information content (AvgIpc) is 3.01. The molecule has 0 aromatic heterocycles. The predicted molar refractivity (Wildman–Crippen MR) is 110 cm³/mol. The van der Waals surface area contributed by atoms with Crippen molar-refractivity contribution in [2.75, 3.05) is 45.8 Å². The van der Waals surface area contributed by atoms with Crippen molar-refractivity contribution in [3.8, 4) is 0 Å². The number of carbonyl (C=O) groups excluding carboxylic acids is 2. The van der Waals surface area contributed by atoms with Gasteiger partial charge in [-0.05, 0) is 49.9 Å². The fourth-order valence-corrected chi connectivity index (χ4v) is 5.25. The molecule has 1 aromatic carbocycles. The van der Waals surface area contributed by atoms with Gasteiger partial charge in [0.2, 0.25) is 15.9 Å². The van der Waals surface area contributed by atoms with Gasteiger partial charge in [-0.3, -0.25) is 4.79 Å². The van der Waals surface area contributed by atoms with Crippen molar-refractivity contribution in [3.63, 3.8) is 0 Å². The monoisotopic (exact) mass is 440 g/mol. The number of halogens is 1. The molecule has 30 heavy (non-hydrogen) atoms. The van der Waals surface area contributed by atoms with E-state index in [-0.39, 0.29) is 49.4 Å². The zero-order valence-corrected chi connectivity index (χ0v) is 17.9. The molecule has 0 aliphatic carbocycles. The molecule has 166 valence electrons. The van der Waals surface area contributed by atoms with Gasteiger partial charge in [0.15, 0.2) is 0 Å². The van der Waals surface area contributed by atoms with Gasteiger partial charge < -0.3 is 15.1 Å². The normalized spacial score (nSPS) is 18.7. The summed E-state index contributed by atoms with van der Waals surface area (Å²) in [6.07, 6.45) is 3.99. The van der Waals surface area contributed by atoms with Crippen LogP contribution in [0.5, 0.6) is 0 Å². The number of carbonyl (C=O) groups is 2. The Bertz CT molecular complexity index is 841. The SMILES string of the molecule is O=C(CCNC(=O)N1CCCN(S(=O)(=O)c2ccc(F)cc2)CC1)N1CCCCC1. The third kappa shape index (κ3) is 5.69. The van der Waals surface area contributed by atoms with Crippen molar-refractivity contribution in [3.05, 3.63) is 30.1 Å². The summed E-state index contributed by atoms with van der Waals surface area (Å²) in [4.78, 5) is 28.1. The lowest BCUT2D eigenvalue weighted by molar-refractivity contribution is -0.131. The second-order valence-corrected chi connectivity index (χ2v) is 9.56. The fraction of sp³-hybridized carbons (Fsp3) is 0.600. The number of amides is 3. The number of nitrogens with zero attached hydrogens (tertiary/aromatic N) is 3. The summed E-state index contributed by atoms with van der Waals surface area (Å²) >= 11 is 0. The molecule has 2 aliphatic heterocycles. The average molecular weight is 441 g/mol. The number of piperidine rings is 1. The summed E-state index contributed by atoms with van der Waals surface area (Å²) in [5.41, 5.74) is 0. The Morgan fingerprint density at radius 3 is 2.23 bits per heavy atom. The summed E-state index contributed by atoms with van der Waals surface area (Å²) in [6, 6.07) is 4.45. The molecule has 1 N–H and O–H groups in total. The highest BCUT2D eigenvalue weighted by atomic mass is 32.2. The molecule has 3 amide bonds. The highest BCUT2D eigenvalue weighted by molar-refractivity contribution is 7.89. The first-order valence-electron chi connectivity index (χ1n) is 10.4. The maximum absolute atomic E-state index is 13.1. The summed E-state index contributed by atoms with van der Waals surface area (Å²) in [5.74, 6) is -0.436. The van der Waals surface area contributed by atoms with E-state index in [0.717, 1.165) is 44.5 Å². The Hall–Kier alpha value is -2.20. The van der Waals surface area contributed by atoms with Gasteiger partial charge >= 0.3 is 6.03 Å². The summed E-state index contributed by atoms with van der Waals surface area (Å²) in [7, 11) is -3.73. The molecule has 0 spiro atoms. The molecule has 1 aromatic rings. The van der Waals surface area contributed by atoms with Gasteiger partial charge in [-0.1, -0.05) is 0 Å². The molecule has 3 rings (SSSR count). The number of sulfonamides is 1. The topological polar surface area (TPSA) is 90.0 Å². The van der Waals surface area contributed by atoms with Crippen LogP contribution in [0.1, 0.15) is 32.1 Å². The number of nitrogens with one attached hydrogen (secondary N) is 1. The zero-order chi connectivity index (χ0) is 21.6. The van der Waals surface area contributed by atoms with Crippen LogP contribution in [0.15, 0.2) is 29.2 Å². The van der Waals surface area contributed by atoms with Crippen molar-refractivity contribution >= 4 is 22.0 Å². The van der Waals surface area contributed by atoms with Crippen LogP contribution in [0.3, 0.4) is 0 Å². The largest absolute Gasteiger partial charge is 0.343 e. The van der Waals surface area contributed by atoms with E-state index < -0.39 is 15.8 Å². The van der Waals surface area contributed by atoms with E-state index >= 15 is 0 Å². The molecule has 10 heteroatoms. The van der Waals surface area contributed by atoms with E-state index in [9.17, 15) is 22.4 Å². The molecule has 2 saturated heterocycles. The maximum Gasteiger partial charge on any atom is 0.317 e. The van der Waals surface area contributed by atoms with Gasteiger partial charge in [0.25, 0.3) is 0 Å². The van der Waals surface area contributed by atoms with Crippen LogP contribution in [0.4, 0.5) is 9.18 Å². The standard InChI is InChI=1S/C20H29FN4O4S/c21-17-5-7-18(8-6-17)30(28,29)25-14-4-13-24(15-16-25)20(27)22-10-9-19(26)23-11-2-1-3-12-23/h5-8H,1-4,9-16H2,(H,22,27). The molecule has 0 atom stereocenters. The van der Waals surface area contributed by atoms with Gasteiger partial charge in [0.05, 0.1) is 4.90 Å². The predicted octanol–water partition coefficient (Wildman–Crippen LogP) is 1.63. The molecule has 0 unspecified atom stereocenters.